The summed E-state index contributed by atoms with van der Waals surface area (Å²) >= 11 is 0. The van der Waals surface area contributed by atoms with Crippen molar-refractivity contribution in [1.82, 2.24) is 19.7 Å². The van der Waals surface area contributed by atoms with Gasteiger partial charge in [-0.25, -0.2) is 4.68 Å². The third-order valence-corrected chi connectivity index (χ3v) is 5.77. The van der Waals surface area contributed by atoms with Crippen molar-refractivity contribution in [1.29, 1.82) is 0 Å². The molecule has 1 saturated heterocycles. The summed E-state index contributed by atoms with van der Waals surface area (Å²) in [6, 6.07) is 11.6. The molecule has 1 atom stereocenters. The van der Waals surface area contributed by atoms with Gasteiger partial charge in [0.25, 0.3) is 5.56 Å². The van der Waals surface area contributed by atoms with E-state index < -0.39 is 0 Å². The lowest BCUT2D eigenvalue weighted by molar-refractivity contribution is -0.135. The van der Waals surface area contributed by atoms with E-state index in [1.807, 2.05) is 41.3 Å². The fraction of sp³-hybridized carbons (Fsp3) is 0.391. The zero-order chi connectivity index (χ0) is 20.2. The Morgan fingerprint density at radius 3 is 2.62 bits per heavy atom. The standard InChI is InChI=1S/C23H26N4O2/c1-2-18-7-5-6-14-26(18)22(28)16-27-23(29)20-9-4-3-8-19(20)21(25-27)15-17-10-12-24-13-11-17/h3-4,8-13,18H,2,5-7,14-16H2,1H3. The van der Waals surface area contributed by atoms with E-state index in [0.29, 0.717) is 11.8 Å². The average Bonchev–Trinajstić information content (AvgIpc) is 2.77. The molecule has 0 aliphatic carbocycles. The Balaban J connectivity index is 1.70. The quantitative estimate of drug-likeness (QED) is 0.671. The van der Waals surface area contributed by atoms with Crippen molar-refractivity contribution in [3.63, 3.8) is 0 Å². The number of hydrogen-bond acceptors (Lipinski definition) is 4. The van der Waals surface area contributed by atoms with Crippen LogP contribution in [-0.2, 0) is 17.8 Å². The van der Waals surface area contributed by atoms with Gasteiger partial charge >= 0.3 is 0 Å². The molecular weight excluding hydrogens is 364 g/mol. The molecule has 150 valence electrons. The Morgan fingerprint density at radius 1 is 1.10 bits per heavy atom. The Bertz CT molecular complexity index is 1060. The predicted molar refractivity (Wildman–Crippen MR) is 113 cm³/mol. The van der Waals surface area contributed by atoms with Crippen LogP contribution in [0, 0.1) is 0 Å². The van der Waals surface area contributed by atoms with Gasteiger partial charge in [0.2, 0.25) is 5.91 Å². The number of aromatic nitrogens is 3. The van der Waals surface area contributed by atoms with Crippen molar-refractivity contribution < 1.29 is 4.79 Å². The van der Waals surface area contributed by atoms with Gasteiger partial charge in [-0.3, -0.25) is 14.6 Å². The van der Waals surface area contributed by atoms with Gasteiger partial charge in [-0.05, 0) is 49.4 Å². The third kappa shape index (κ3) is 4.06. The summed E-state index contributed by atoms with van der Waals surface area (Å²) in [7, 11) is 0. The minimum absolute atomic E-state index is 0.0104. The molecule has 0 N–H and O–H groups in total. The third-order valence-electron chi connectivity index (χ3n) is 5.77. The summed E-state index contributed by atoms with van der Waals surface area (Å²) in [4.78, 5) is 32.0. The molecule has 0 saturated carbocycles. The second-order valence-electron chi connectivity index (χ2n) is 7.63. The maximum Gasteiger partial charge on any atom is 0.275 e. The first kappa shape index (κ1) is 19.3. The Hall–Kier alpha value is -3.02. The maximum absolute atomic E-state index is 13.0. The molecule has 1 aliphatic heterocycles. The van der Waals surface area contributed by atoms with Gasteiger partial charge in [0.1, 0.15) is 6.54 Å². The lowest BCUT2D eigenvalue weighted by atomic mass is 10.00. The SMILES string of the molecule is CCC1CCCCN1C(=O)Cn1nc(Cc2ccncc2)c2ccccc2c1=O. The highest BCUT2D eigenvalue weighted by molar-refractivity contribution is 5.84. The van der Waals surface area contributed by atoms with Crippen molar-refractivity contribution in [3.8, 4) is 0 Å². The zero-order valence-electron chi connectivity index (χ0n) is 16.8. The van der Waals surface area contributed by atoms with Crippen molar-refractivity contribution in [2.45, 2.75) is 51.6 Å². The largest absolute Gasteiger partial charge is 0.338 e. The Morgan fingerprint density at radius 2 is 1.86 bits per heavy atom. The number of hydrogen-bond donors (Lipinski definition) is 0. The first-order chi connectivity index (χ1) is 14.2. The topological polar surface area (TPSA) is 68.1 Å². The smallest absolute Gasteiger partial charge is 0.275 e. The number of rotatable bonds is 5. The molecule has 1 unspecified atom stereocenters. The molecule has 0 bridgehead atoms. The minimum atomic E-state index is -0.211. The van der Waals surface area contributed by atoms with Gasteiger partial charge < -0.3 is 4.90 Å². The van der Waals surface area contributed by atoms with Crippen LogP contribution < -0.4 is 5.56 Å². The van der Waals surface area contributed by atoms with Crippen molar-refractivity contribution in [2.24, 2.45) is 0 Å². The first-order valence-corrected chi connectivity index (χ1v) is 10.3. The normalized spacial score (nSPS) is 16.9. The number of pyridine rings is 1. The molecule has 1 amide bonds. The van der Waals surface area contributed by atoms with Crippen LogP contribution in [0.15, 0.2) is 53.6 Å². The van der Waals surface area contributed by atoms with Crippen LogP contribution in [0.2, 0.25) is 0 Å². The van der Waals surface area contributed by atoms with E-state index in [1.165, 1.54) is 4.68 Å². The zero-order valence-corrected chi connectivity index (χ0v) is 16.8. The Kier molecular flexibility index (Phi) is 5.69. The summed E-state index contributed by atoms with van der Waals surface area (Å²) in [6.45, 7) is 2.87. The van der Waals surface area contributed by atoms with Crippen LogP contribution in [0.4, 0.5) is 0 Å². The number of likely N-dealkylation sites (tertiary alicyclic amines) is 1. The highest BCUT2D eigenvalue weighted by Crippen LogP contribution is 2.20. The predicted octanol–water partition coefficient (Wildman–Crippen LogP) is 3.17. The molecule has 1 fully saturated rings. The number of amides is 1. The molecule has 1 aromatic carbocycles. The van der Waals surface area contributed by atoms with Gasteiger partial charge in [-0.1, -0.05) is 25.1 Å². The lowest BCUT2D eigenvalue weighted by Gasteiger charge is -2.35. The highest BCUT2D eigenvalue weighted by Gasteiger charge is 2.26. The molecular formula is C23H26N4O2. The molecule has 3 aromatic rings. The van der Waals surface area contributed by atoms with Crippen LogP contribution in [0.25, 0.3) is 10.8 Å². The molecule has 2 aromatic heterocycles. The fourth-order valence-corrected chi connectivity index (χ4v) is 4.21. The average molecular weight is 390 g/mol. The highest BCUT2D eigenvalue weighted by atomic mass is 16.2. The van der Waals surface area contributed by atoms with Crippen LogP contribution in [0.5, 0.6) is 0 Å². The van der Waals surface area contributed by atoms with Gasteiger partial charge in [-0.2, -0.15) is 5.10 Å². The van der Waals surface area contributed by atoms with Crippen LogP contribution in [0.1, 0.15) is 43.9 Å². The molecule has 3 heterocycles. The van der Waals surface area contributed by atoms with E-state index in [0.717, 1.165) is 48.9 Å². The van der Waals surface area contributed by atoms with Crippen molar-refractivity contribution >= 4 is 16.7 Å². The van der Waals surface area contributed by atoms with Crippen molar-refractivity contribution in [3.05, 3.63) is 70.4 Å². The molecule has 4 rings (SSSR count). The van der Waals surface area contributed by atoms with Gasteiger partial charge in [0.05, 0.1) is 11.1 Å². The number of benzene rings is 1. The van der Waals surface area contributed by atoms with E-state index in [9.17, 15) is 9.59 Å². The van der Waals surface area contributed by atoms with E-state index in [1.54, 1.807) is 12.4 Å². The van der Waals surface area contributed by atoms with Crippen LogP contribution in [0.3, 0.4) is 0 Å². The molecule has 6 heteroatoms. The van der Waals surface area contributed by atoms with E-state index in [2.05, 4.69) is 17.0 Å². The summed E-state index contributed by atoms with van der Waals surface area (Å²) in [5.74, 6) is -0.0173. The Labute approximate surface area is 170 Å². The molecule has 6 nitrogen and oxygen atoms in total. The lowest BCUT2D eigenvalue weighted by Crippen LogP contribution is -2.46. The van der Waals surface area contributed by atoms with E-state index in [4.69, 9.17) is 0 Å². The number of carbonyl (C=O) groups excluding carboxylic acids is 1. The molecule has 0 radical (unpaired) electrons. The number of fused-ring (bicyclic) bond motifs is 1. The van der Waals surface area contributed by atoms with E-state index >= 15 is 0 Å². The van der Waals surface area contributed by atoms with Gasteiger partial charge in [-0.15, -0.1) is 0 Å². The second kappa shape index (κ2) is 8.55. The van der Waals surface area contributed by atoms with Crippen molar-refractivity contribution in [2.75, 3.05) is 6.54 Å². The summed E-state index contributed by atoms with van der Waals surface area (Å²) in [5.41, 5.74) is 1.65. The maximum atomic E-state index is 13.0. The second-order valence-corrected chi connectivity index (χ2v) is 7.63. The van der Waals surface area contributed by atoms with Gasteiger partial charge in [0, 0.05) is 36.8 Å². The first-order valence-electron chi connectivity index (χ1n) is 10.3. The summed E-state index contributed by atoms with van der Waals surface area (Å²) < 4.78 is 1.35. The van der Waals surface area contributed by atoms with Crippen LogP contribution in [-0.4, -0.2) is 38.2 Å². The fourth-order valence-electron chi connectivity index (χ4n) is 4.21. The summed E-state index contributed by atoms with van der Waals surface area (Å²) in [6.07, 6.45) is 8.24. The number of nitrogens with zero attached hydrogens (tertiary/aromatic N) is 4. The minimum Gasteiger partial charge on any atom is -0.338 e. The van der Waals surface area contributed by atoms with Gasteiger partial charge in [0.15, 0.2) is 0 Å². The molecule has 1 aliphatic rings. The summed E-state index contributed by atoms with van der Waals surface area (Å²) in [5, 5.41) is 6.06. The molecule has 0 spiro atoms. The monoisotopic (exact) mass is 390 g/mol. The van der Waals surface area contributed by atoms with E-state index in [-0.39, 0.29) is 24.1 Å². The number of carbonyl (C=O) groups is 1. The number of piperidine rings is 1. The molecule has 29 heavy (non-hydrogen) atoms. The van der Waals surface area contributed by atoms with Crippen LogP contribution >= 0.6 is 0 Å².